The van der Waals surface area contributed by atoms with Gasteiger partial charge in [0, 0.05) is 31.7 Å². The summed E-state index contributed by atoms with van der Waals surface area (Å²) in [6.45, 7) is 5.45. The highest BCUT2D eigenvalue weighted by Gasteiger charge is 2.28. The Morgan fingerprint density at radius 3 is 2.59 bits per heavy atom. The number of likely N-dealkylation sites (N-methyl/N-ethyl adjacent to an activating group) is 1. The lowest BCUT2D eigenvalue weighted by molar-refractivity contribution is 0.0207. The van der Waals surface area contributed by atoms with E-state index < -0.39 is 0 Å². The maximum Gasteiger partial charge on any atom is 0.0599 e. The van der Waals surface area contributed by atoms with E-state index in [-0.39, 0.29) is 12.6 Å². The summed E-state index contributed by atoms with van der Waals surface area (Å²) in [5, 5.41) is 9.36. The third kappa shape index (κ3) is 3.06. The Morgan fingerprint density at radius 2 is 1.94 bits per heavy atom. The van der Waals surface area contributed by atoms with Crippen LogP contribution in [0.3, 0.4) is 0 Å². The molecular weight excluding hydrogens is 212 g/mol. The fourth-order valence-corrected chi connectivity index (χ4v) is 2.51. The Labute approximate surface area is 104 Å². The van der Waals surface area contributed by atoms with Gasteiger partial charge in [-0.25, -0.2) is 0 Å². The summed E-state index contributed by atoms with van der Waals surface area (Å²) in [5.41, 5.74) is 1.35. The molecule has 1 aliphatic heterocycles. The average Bonchev–Trinajstić information content (AvgIpc) is 2.34. The van der Waals surface area contributed by atoms with Crippen molar-refractivity contribution in [3.63, 3.8) is 0 Å². The highest BCUT2D eigenvalue weighted by molar-refractivity contribution is 5.14. The fourth-order valence-electron chi connectivity index (χ4n) is 2.51. The van der Waals surface area contributed by atoms with Gasteiger partial charge in [0.2, 0.25) is 0 Å². The van der Waals surface area contributed by atoms with Gasteiger partial charge in [0.1, 0.15) is 0 Å². The number of piperazine rings is 1. The second-order valence-corrected chi connectivity index (χ2v) is 5.04. The number of aliphatic hydroxyl groups excluding tert-OH is 1. The summed E-state index contributed by atoms with van der Waals surface area (Å²) in [4.78, 5) is 4.71. The van der Waals surface area contributed by atoms with Gasteiger partial charge >= 0.3 is 0 Å². The topological polar surface area (TPSA) is 26.7 Å². The van der Waals surface area contributed by atoms with Crippen molar-refractivity contribution in [3.8, 4) is 0 Å². The van der Waals surface area contributed by atoms with E-state index in [0.717, 1.165) is 19.6 Å². The van der Waals surface area contributed by atoms with E-state index in [1.54, 1.807) is 0 Å². The second-order valence-electron chi connectivity index (χ2n) is 5.04. The second kappa shape index (κ2) is 5.63. The zero-order chi connectivity index (χ0) is 12.3. The quantitative estimate of drug-likeness (QED) is 0.851. The van der Waals surface area contributed by atoms with Crippen LogP contribution in [-0.4, -0.2) is 53.7 Å². The van der Waals surface area contributed by atoms with Crippen molar-refractivity contribution in [2.75, 3.05) is 26.7 Å². The molecule has 1 saturated heterocycles. The van der Waals surface area contributed by atoms with Crippen molar-refractivity contribution in [3.05, 3.63) is 35.9 Å². The van der Waals surface area contributed by atoms with Gasteiger partial charge in [-0.05, 0) is 19.5 Å². The third-order valence-corrected chi connectivity index (χ3v) is 3.68. The molecule has 1 aromatic rings. The summed E-state index contributed by atoms with van der Waals surface area (Å²) < 4.78 is 0. The zero-order valence-electron chi connectivity index (χ0n) is 10.7. The van der Waals surface area contributed by atoms with Crippen molar-refractivity contribution >= 4 is 0 Å². The minimum absolute atomic E-state index is 0.245. The number of benzene rings is 1. The Hall–Kier alpha value is -0.900. The summed E-state index contributed by atoms with van der Waals surface area (Å²) >= 11 is 0. The molecule has 2 unspecified atom stereocenters. The molecule has 0 aliphatic carbocycles. The van der Waals surface area contributed by atoms with Crippen LogP contribution in [0.1, 0.15) is 12.5 Å². The number of nitrogens with zero attached hydrogens (tertiary/aromatic N) is 2. The lowest BCUT2D eigenvalue weighted by Crippen LogP contribution is -2.56. The van der Waals surface area contributed by atoms with Crippen LogP contribution in [0.5, 0.6) is 0 Å². The molecule has 3 nitrogen and oxygen atoms in total. The Morgan fingerprint density at radius 1 is 1.24 bits per heavy atom. The molecule has 1 aromatic carbocycles. The first-order valence-corrected chi connectivity index (χ1v) is 6.29. The minimum Gasteiger partial charge on any atom is -0.395 e. The molecule has 0 radical (unpaired) electrons. The monoisotopic (exact) mass is 234 g/mol. The van der Waals surface area contributed by atoms with E-state index in [1.165, 1.54) is 5.56 Å². The van der Waals surface area contributed by atoms with Gasteiger partial charge in [-0.2, -0.15) is 0 Å². The van der Waals surface area contributed by atoms with Crippen LogP contribution in [0.25, 0.3) is 0 Å². The third-order valence-electron chi connectivity index (χ3n) is 3.68. The van der Waals surface area contributed by atoms with Crippen LogP contribution in [0.2, 0.25) is 0 Å². The van der Waals surface area contributed by atoms with Gasteiger partial charge in [0.25, 0.3) is 0 Å². The molecule has 0 spiro atoms. The van der Waals surface area contributed by atoms with E-state index in [2.05, 4.69) is 48.0 Å². The largest absolute Gasteiger partial charge is 0.395 e. The van der Waals surface area contributed by atoms with Gasteiger partial charge in [-0.1, -0.05) is 30.3 Å². The molecule has 1 fully saturated rings. The van der Waals surface area contributed by atoms with Crippen LogP contribution < -0.4 is 0 Å². The molecule has 0 bridgehead atoms. The van der Waals surface area contributed by atoms with Crippen molar-refractivity contribution in [2.45, 2.75) is 25.6 Å². The number of aliphatic hydroxyl groups is 1. The van der Waals surface area contributed by atoms with Crippen LogP contribution in [-0.2, 0) is 6.54 Å². The van der Waals surface area contributed by atoms with Crippen LogP contribution >= 0.6 is 0 Å². The van der Waals surface area contributed by atoms with Crippen molar-refractivity contribution in [1.29, 1.82) is 0 Å². The summed E-state index contributed by atoms with van der Waals surface area (Å²) in [5.74, 6) is 0. The average molecular weight is 234 g/mol. The molecule has 17 heavy (non-hydrogen) atoms. The van der Waals surface area contributed by atoms with Crippen molar-refractivity contribution in [1.82, 2.24) is 9.80 Å². The maximum absolute atomic E-state index is 9.36. The van der Waals surface area contributed by atoms with Crippen molar-refractivity contribution in [2.24, 2.45) is 0 Å². The van der Waals surface area contributed by atoms with E-state index in [9.17, 15) is 5.11 Å². The zero-order valence-corrected chi connectivity index (χ0v) is 10.7. The molecule has 1 heterocycles. The highest BCUT2D eigenvalue weighted by atomic mass is 16.3. The minimum atomic E-state index is 0.245. The summed E-state index contributed by atoms with van der Waals surface area (Å²) in [6, 6.07) is 11.4. The lowest BCUT2D eigenvalue weighted by atomic mass is 10.1. The fraction of sp³-hybridized carbons (Fsp3) is 0.571. The van der Waals surface area contributed by atoms with Crippen LogP contribution in [0, 0.1) is 0 Å². The Kier molecular flexibility index (Phi) is 4.15. The van der Waals surface area contributed by atoms with E-state index in [1.807, 2.05) is 6.07 Å². The highest BCUT2D eigenvalue weighted by Crippen LogP contribution is 2.16. The molecule has 0 saturated carbocycles. The summed E-state index contributed by atoms with van der Waals surface area (Å²) in [6.07, 6.45) is 0. The molecule has 2 rings (SSSR count). The maximum atomic E-state index is 9.36. The molecule has 2 atom stereocenters. The first kappa shape index (κ1) is 12.6. The molecular formula is C14H22N2O. The smallest absolute Gasteiger partial charge is 0.0599 e. The molecule has 1 N–H and O–H groups in total. The molecule has 0 aromatic heterocycles. The standard InChI is InChI=1S/C14H22N2O/c1-12-8-15(2)14(11-17)10-16(12)9-13-6-4-3-5-7-13/h3-7,12,14,17H,8-11H2,1-2H3. The van der Waals surface area contributed by atoms with Crippen LogP contribution in [0.4, 0.5) is 0 Å². The molecule has 3 heteroatoms. The van der Waals surface area contributed by atoms with Gasteiger partial charge in [-0.3, -0.25) is 9.80 Å². The predicted octanol–water partition coefficient (Wildman–Crippen LogP) is 1.18. The Bertz CT molecular complexity index is 341. The van der Waals surface area contributed by atoms with Crippen LogP contribution in [0.15, 0.2) is 30.3 Å². The number of hydrogen-bond donors (Lipinski definition) is 1. The number of hydrogen-bond acceptors (Lipinski definition) is 3. The predicted molar refractivity (Wildman–Crippen MR) is 69.8 cm³/mol. The lowest BCUT2D eigenvalue weighted by Gasteiger charge is -2.43. The van der Waals surface area contributed by atoms with Gasteiger partial charge in [0.15, 0.2) is 0 Å². The number of rotatable bonds is 3. The van der Waals surface area contributed by atoms with E-state index >= 15 is 0 Å². The Balaban J connectivity index is 2.00. The van der Waals surface area contributed by atoms with E-state index in [0.29, 0.717) is 6.04 Å². The van der Waals surface area contributed by atoms with Gasteiger partial charge in [0.05, 0.1) is 6.61 Å². The van der Waals surface area contributed by atoms with Gasteiger partial charge in [-0.15, -0.1) is 0 Å². The first-order valence-electron chi connectivity index (χ1n) is 6.29. The molecule has 94 valence electrons. The first-order chi connectivity index (χ1) is 8.20. The summed E-state index contributed by atoms with van der Waals surface area (Å²) in [7, 11) is 2.09. The SMILES string of the molecule is CC1CN(C)C(CO)CN1Cc1ccccc1. The molecule has 0 amide bonds. The normalized spacial score (nSPS) is 27.2. The van der Waals surface area contributed by atoms with Crippen molar-refractivity contribution < 1.29 is 5.11 Å². The molecule has 1 aliphatic rings. The van der Waals surface area contributed by atoms with Gasteiger partial charge < -0.3 is 5.11 Å². The van der Waals surface area contributed by atoms with E-state index in [4.69, 9.17) is 0 Å².